The van der Waals surface area contributed by atoms with Gasteiger partial charge in [-0.3, -0.25) is 0 Å². The fraction of sp³-hybridized carbons (Fsp3) is 0.176. The van der Waals surface area contributed by atoms with Gasteiger partial charge in [-0.1, -0.05) is 111 Å². The number of hydrogen-bond donors (Lipinski definition) is 2. The van der Waals surface area contributed by atoms with Gasteiger partial charge in [0.2, 0.25) is 0 Å². The molecule has 0 saturated carbocycles. The highest BCUT2D eigenvalue weighted by atomic mass is 32.1. The Hall–Kier alpha value is -5.91. The number of thiol groups is 1. The molecule has 7 aromatic rings. The van der Waals surface area contributed by atoms with Gasteiger partial charge in [-0.2, -0.15) is 12.6 Å². The molecule has 286 valence electrons. The van der Waals surface area contributed by atoms with Gasteiger partial charge in [0.05, 0.1) is 17.1 Å². The Bertz CT molecular complexity index is 2270. The Kier molecular flexibility index (Phi) is 14.4. The van der Waals surface area contributed by atoms with Gasteiger partial charge >= 0.3 is 0 Å². The highest BCUT2D eigenvalue weighted by Gasteiger charge is 2.26. The molecule has 0 atom stereocenters. The predicted molar refractivity (Wildman–Crippen MR) is 249 cm³/mol. The Balaban J connectivity index is 0.000000941. The van der Waals surface area contributed by atoms with Gasteiger partial charge in [0.25, 0.3) is 0 Å². The number of nitrogens with two attached hydrogens (primary N) is 1. The molecule has 0 aliphatic heterocycles. The zero-order valence-corrected chi connectivity index (χ0v) is 35.0. The van der Waals surface area contributed by atoms with Crippen LogP contribution in [0.3, 0.4) is 0 Å². The van der Waals surface area contributed by atoms with Gasteiger partial charge in [0.1, 0.15) is 0 Å². The molecule has 0 spiro atoms. The van der Waals surface area contributed by atoms with Crippen LogP contribution in [0.25, 0.3) is 0 Å². The van der Waals surface area contributed by atoms with E-state index in [2.05, 4.69) is 240 Å². The molecule has 2 N–H and O–H groups in total. The molecular weight excluding hydrogens is 701 g/mol. The molecule has 7 aromatic carbocycles. The first-order valence-electron chi connectivity index (χ1n) is 19.3. The first-order chi connectivity index (χ1) is 27.1. The molecule has 0 aliphatic carbocycles. The lowest BCUT2D eigenvalue weighted by Crippen LogP contribution is -2.19. The van der Waals surface area contributed by atoms with Crippen LogP contribution in [0.2, 0.25) is 0 Å². The molecule has 0 amide bonds. The van der Waals surface area contributed by atoms with Crippen molar-refractivity contribution in [1.82, 2.24) is 0 Å². The monoisotopic (exact) mass is 756 g/mol. The molecule has 0 aliphatic rings. The Morgan fingerprint density at radius 3 is 1.23 bits per heavy atom. The number of aryl methyl sites for hydroxylation is 3. The van der Waals surface area contributed by atoms with Gasteiger partial charge in [0, 0.05) is 39.8 Å². The highest BCUT2D eigenvalue weighted by molar-refractivity contribution is 7.79. The van der Waals surface area contributed by atoms with Gasteiger partial charge in [-0.05, 0) is 141 Å². The smallest absolute Gasteiger partial charge is 0.0532 e. The van der Waals surface area contributed by atoms with Gasteiger partial charge in [-0.25, -0.2) is 0 Å². The maximum absolute atomic E-state index is 6.31. The lowest BCUT2D eigenvalue weighted by atomic mass is 10.0. The largest absolute Gasteiger partial charge is 0.399 e. The SMILES string of the molecule is CC(C)C.CS.Cc1ccc(N(c2ccccc2)c2cc(N(c3ccccc3)c3ccccc3C)c(C)c(N(c3ccccc3)c3ccc(N)cc3C)c2)cc1. The van der Waals surface area contributed by atoms with E-state index in [0.29, 0.717) is 0 Å². The molecule has 7 rings (SSSR count). The van der Waals surface area contributed by atoms with Crippen molar-refractivity contribution in [3.63, 3.8) is 0 Å². The summed E-state index contributed by atoms with van der Waals surface area (Å²) in [6.45, 7) is 15.2. The third-order valence-corrected chi connectivity index (χ3v) is 9.23. The fourth-order valence-electron chi connectivity index (χ4n) is 6.70. The minimum absolute atomic E-state index is 0.745. The second-order valence-corrected chi connectivity index (χ2v) is 14.5. The number of rotatable bonds is 9. The number of nitrogens with zero attached hydrogens (tertiary/aromatic N) is 3. The minimum atomic E-state index is 0.745. The minimum Gasteiger partial charge on any atom is -0.399 e. The third-order valence-electron chi connectivity index (χ3n) is 9.23. The van der Waals surface area contributed by atoms with E-state index in [9.17, 15) is 0 Å². The van der Waals surface area contributed by atoms with Crippen molar-refractivity contribution < 1.29 is 0 Å². The molecule has 56 heavy (non-hydrogen) atoms. The summed E-state index contributed by atoms with van der Waals surface area (Å²) >= 11 is 3.53. The number of hydrogen-bond acceptors (Lipinski definition) is 5. The molecule has 0 saturated heterocycles. The lowest BCUT2D eigenvalue weighted by molar-refractivity contribution is 0.737. The number of nitrogen functional groups attached to an aromatic ring is 1. The molecule has 5 heteroatoms. The summed E-state index contributed by atoms with van der Waals surface area (Å²) in [5, 5.41) is 0. The van der Waals surface area contributed by atoms with E-state index in [1.807, 2.05) is 6.07 Å². The molecular formula is C51H56N4S. The average molecular weight is 757 g/mol. The zero-order valence-electron chi connectivity index (χ0n) is 34.1. The highest BCUT2D eigenvalue weighted by Crippen LogP contribution is 2.49. The standard InChI is InChI=1S/C46H42N4.C4H10.CH4S/c1-33-24-27-41(28-25-33)48(38-17-8-5-9-18-38)42-31-45(49(39-19-10-6-11-20-39)43-23-15-14-16-34(43)2)36(4)46(32-42)50(40-21-12-7-13-22-40)44-29-26-37(47)30-35(44)3;1-4(2)3;1-2/h5-32H,47H2,1-4H3;4H,1-3H3;2H,1H3. The summed E-state index contributed by atoms with van der Waals surface area (Å²) < 4.78 is 0. The van der Waals surface area contributed by atoms with Crippen LogP contribution in [0.4, 0.5) is 56.9 Å². The predicted octanol–water partition coefficient (Wildman–Crippen LogP) is 15.1. The Morgan fingerprint density at radius 1 is 0.393 bits per heavy atom. The Labute approximate surface area is 341 Å². The van der Waals surface area contributed by atoms with Gasteiger partial charge < -0.3 is 20.4 Å². The second kappa shape index (κ2) is 19.6. The van der Waals surface area contributed by atoms with E-state index < -0.39 is 0 Å². The van der Waals surface area contributed by atoms with E-state index >= 15 is 0 Å². The zero-order chi connectivity index (χ0) is 40.2. The topological polar surface area (TPSA) is 35.7 Å². The molecule has 0 radical (unpaired) electrons. The van der Waals surface area contributed by atoms with Crippen molar-refractivity contribution in [2.24, 2.45) is 5.92 Å². The average Bonchev–Trinajstić information content (AvgIpc) is 3.21. The number of anilines is 10. The van der Waals surface area contributed by atoms with Crippen LogP contribution in [0.15, 0.2) is 170 Å². The maximum atomic E-state index is 6.31. The van der Waals surface area contributed by atoms with E-state index in [-0.39, 0.29) is 0 Å². The summed E-state index contributed by atoms with van der Waals surface area (Å²) in [5.41, 5.74) is 21.4. The van der Waals surface area contributed by atoms with E-state index in [1.54, 1.807) is 6.26 Å². The summed E-state index contributed by atoms with van der Waals surface area (Å²) in [7, 11) is 0. The molecule has 0 heterocycles. The summed E-state index contributed by atoms with van der Waals surface area (Å²) in [5.74, 6) is 0.833. The van der Waals surface area contributed by atoms with Crippen LogP contribution >= 0.6 is 12.6 Å². The number of para-hydroxylation sites is 4. The fourth-order valence-corrected chi connectivity index (χ4v) is 6.70. The summed E-state index contributed by atoms with van der Waals surface area (Å²) in [4.78, 5) is 7.12. The van der Waals surface area contributed by atoms with E-state index in [4.69, 9.17) is 5.73 Å². The van der Waals surface area contributed by atoms with Crippen molar-refractivity contribution in [3.8, 4) is 0 Å². The maximum Gasteiger partial charge on any atom is 0.0532 e. The molecule has 0 unspecified atom stereocenters. The van der Waals surface area contributed by atoms with Crippen molar-refractivity contribution in [2.45, 2.75) is 48.5 Å². The molecule has 0 fully saturated rings. The van der Waals surface area contributed by atoms with Crippen LogP contribution in [-0.4, -0.2) is 6.26 Å². The Morgan fingerprint density at radius 2 is 0.786 bits per heavy atom. The number of benzene rings is 7. The molecule has 0 aromatic heterocycles. The van der Waals surface area contributed by atoms with Gasteiger partial charge in [0.15, 0.2) is 0 Å². The van der Waals surface area contributed by atoms with E-state index in [1.165, 1.54) is 11.1 Å². The van der Waals surface area contributed by atoms with Crippen molar-refractivity contribution >= 4 is 69.5 Å². The molecule has 0 bridgehead atoms. The van der Waals surface area contributed by atoms with Crippen LogP contribution in [0, 0.1) is 33.6 Å². The third kappa shape index (κ3) is 9.84. The quantitative estimate of drug-likeness (QED) is 0.114. The van der Waals surface area contributed by atoms with Crippen molar-refractivity contribution in [1.29, 1.82) is 0 Å². The van der Waals surface area contributed by atoms with Crippen LogP contribution < -0.4 is 20.4 Å². The van der Waals surface area contributed by atoms with Crippen LogP contribution in [0.1, 0.15) is 43.0 Å². The van der Waals surface area contributed by atoms with E-state index in [0.717, 1.165) is 73.9 Å². The van der Waals surface area contributed by atoms with Gasteiger partial charge in [-0.15, -0.1) is 0 Å². The first-order valence-corrected chi connectivity index (χ1v) is 20.1. The van der Waals surface area contributed by atoms with Crippen LogP contribution in [-0.2, 0) is 0 Å². The normalized spacial score (nSPS) is 10.5. The van der Waals surface area contributed by atoms with Crippen molar-refractivity contribution in [2.75, 3.05) is 26.7 Å². The van der Waals surface area contributed by atoms with Crippen molar-refractivity contribution in [3.05, 3.63) is 192 Å². The first kappa shape index (κ1) is 41.3. The van der Waals surface area contributed by atoms with Crippen LogP contribution in [0.5, 0.6) is 0 Å². The second-order valence-electron chi connectivity index (χ2n) is 14.5. The summed E-state index contributed by atoms with van der Waals surface area (Å²) in [6, 6.07) is 60.1. The molecule has 4 nitrogen and oxygen atoms in total. The lowest BCUT2D eigenvalue weighted by Gasteiger charge is -2.35. The summed E-state index contributed by atoms with van der Waals surface area (Å²) in [6.07, 6.45) is 1.69.